The van der Waals surface area contributed by atoms with Crippen LogP contribution in [-0.2, 0) is 23.9 Å². The third kappa shape index (κ3) is 8.39. The van der Waals surface area contributed by atoms with E-state index in [-0.39, 0.29) is 43.8 Å². The third-order valence-electron chi connectivity index (χ3n) is 5.47. The van der Waals surface area contributed by atoms with Gasteiger partial charge in [0.25, 0.3) is 0 Å². The maximum atomic E-state index is 12.3. The van der Waals surface area contributed by atoms with Crippen molar-refractivity contribution >= 4 is 35.4 Å². The first-order chi connectivity index (χ1) is 15.8. The van der Waals surface area contributed by atoms with Crippen molar-refractivity contribution in [2.75, 3.05) is 36.5 Å². The number of hydrogen-bond donors (Lipinski definition) is 4. The minimum Gasteiger partial charge on any atom is -0.466 e. The van der Waals surface area contributed by atoms with Crippen molar-refractivity contribution in [2.45, 2.75) is 77.2 Å². The summed E-state index contributed by atoms with van der Waals surface area (Å²) in [6.07, 6.45) is 5.01. The fourth-order valence-corrected chi connectivity index (χ4v) is 3.89. The van der Waals surface area contributed by atoms with Crippen molar-refractivity contribution in [1.29, 1.82) is 0 Å². The Morgan fingerprint density at radius 3 is 2.52 bits per heavy atom. The summed E-state index contributed by atoms with van der Waals surface area (Å²) in [6, 6.07) is -0.849. The highest BCUT2D eigenvalue weighted by molar-refractivity contribution is 5.85. The Labute approximate surface area is 194 Å². The van der Waals surface area contributed by atoms with Crippen LogP contribution in [0.15, 0.2) is 0 Å². The molecule has 33 heavy (non-hydrogen) atoms. The molecule has 11 nitrogen and oxygen atoms in total. The van der Waals surface area contributed by atoms with E-state index >= 15 is 0 Å². The SMILES string of the molecule is CCOC(=O)CC[C@H](NC(=O)CCCCCCC1CNc2nc(N)nc(N)c21)C(=O)OCC. The van der Waals surface area contributed by atoms with Crippen LogP contribution < -0.4 is 22.1 Å². The van der Waals surface area contributed by atoms with E-state index in [1.807, 2.05) is 0 Å². The average Bonchev–Trinajstić information content (AvgIpc) is 3.16. The van der Waals surface area contributed by atoms with Gasteiger partial charge in [0.2, 0.25) is 11.9 Å². The van der Waals surface area contributed by atoms with Gasteiger partial charge in [0.1, 0.15) is 17.7 Å². The lowest BCUT2D eigenvalue weighted by atomic mass is 9.96. The predicted octanol–water partition coefficient (Wildman–Crippen LogP) is 1.88. The molecule has 0 saturated heterocycles. The molecule has 0 saturated carbocycles. The van der Waals surface area contributed by atoms with Gasteiger partial charge in [-0.3, -0.25) is 9.59 Å². The van der Waals surface area contributed by atoms with Crippen LogP contribution in [0.5, 0.6) is 0 Å². The van der Waals surface area contributed by atoms with Gasteiger partial charge in [0.15, 0.2) is 0 Å². The number of rotatable bonds is 14. The Kier molecular flexibility index (Phi) is 10.6. The summed E-state index contributed by atoms with van der Waals surface area (Å²) in [6.45, 7) is 4.65. The molecule has 0 aromatic carbocycles. The van der Waals surface area contributed by atoms with Gasteiger partial charge in [0, 0.05) is 30.9 Å². The minimum absolute atomic E-state index is 0.0406. The summed E-state index contributed by atoms with van der Waals surface area (Å²) in [5, 5.41) is 5.92. The fourth-order valence-electron chi connectivity index (χ4n) is 3.89. The van der Waals surface area contributed by atoms with Gasteiger partial charge in [-0.15, -0.1) is 0 Å². The lowest BCUT2D eigenvalue weighted by molar-refractivity contribution is -0.148. The monoisotopic (exact) mass is 464 g/mol. The van der Waals surface area contributed by atoms with Crippen LogP contribution in [0.4, 0.5) is 17.6 Å². The van der Waals surface area contributed by atoms with E-state index in [4.69, 9.17) is 20.9 Å². The lowest BCUT2D eigenvalue weighted by Gasteiger charge is -2.17. The number of unbranched alkanes of at least 4 members (excludes halogenated alkanes) is 3. The molecule has 1 unspecified atom stereocenters. The molecule has 0 fully saturated rings. The highest BCUT2D eigenvalue weighted by atomic mass is 16.5. The van der Waals surface area contributed by atoms with Gasteiger partial charge < -0.3 is 31.6 Å². The van der Waals surface area contributed by atoms with Crippen LogP contribution in [-0.4, -0.2) is 53.6 Å². The van der Waals surface area contributed by atoms with E-state index in [0.29, 0.717) is 18.7 Å². The molecule has 2 rings (SSSR count). The number of carbonyl (C=O) groups excluding carboxylic acids is 3. The average molecular weight is 465 g/mol. The zero-order valence-electron chi connectivity index (χ0n) is 19.5. The van der Waals surface area contributed by atoms with Crippen molar-refractivity contribution in [3.8, 4) is 0 Å². The number of fused-ring (bicyclic) bond motifs is 1. The maximum Gasteiger partial charge on any atom is 0.328 e. The summed E-state index contributed by atoms with van der Waals surface area (Å²) in [4.78, 5) is 44.2. The quantitative estimate of drug-likeness (QED) is 0.235. The van der Waals surface area contributed by atoms with Crippen LogP contribution in [0.25, 0.3) is 0 Å². The Balaban J connectivity index is 1.67. The summed E-state index contributed by atoms with van der Waals surface area (Å²) >= 11 is 0. The number of esters is 2. The number of nitrogens with two attached hydrogens (primary N) is 2. The molecular weight excluding hydrogens is 428 g/mol. The number of anilines is 3. The molecular formula is C22H36N6O5. The molecule has 1 aliphatic heterocycles. The van der Waals surface area contributed by atoms with E-state index < -0.39 is 18.0 Å². The number of amides is 1. The first-order valence-electron chi connectivity index (χ1n) is 11.6. The molecule has 11 heteroatoms. The third-order valence-corrected chi connectivity index (χ3v) is 5.47. The first kappa shape index (κ1) is 26.1. The molecule has 1 aliphatic rings. The maximum absolute atomic E-state index is 12.3. The normalized spacial score (nSPS) is 15.3. The Hall–Kier alpha value is -3.11. The van der Waals surface area contributed by atoms with Gasteiger partial charge in [-0.05, 0) is 33.1 Å². The smallest absolute Gasteiger partial charge is 0.328 e. The van der Waals surface area contributed by atoms with E-state index in [0.717, 1.165) is 43.6 Å². The van der Waals surface area contributed by atoms with Crippen molar-refractivity contribution in [1.82, 2.24) is 15.3 Å². The molecule has 0 radical (unpaired) electrons. The number of nitrogen functional groups attached to an aromatic ring is 2. The largest absolute Gasteiger partial charge is 0.466 e. The van der Waals surface area contributed by atoms with Crippen LogP contribution in [0.1, 0.15) is 76.7 Å². The van der Waals surface area contributed by atoms with E-state index in [9.17, 15) is 14.4 Å². The second kappa shape index (κ2) is 13.4. The van der Waals surface area contributed by atoms with Gasteiger partial charge in [0.05, 0.1) is 13.2 Å². The molecule has 1 aromatic heterocycles. The first-order valence-corrected chi connectivity index (χ1v) is 11.6. The van der Waals surface area contributed by atoms with E-state index in [1.54, 1.807) is 13.8 Å². The van der Waals surface area contributed by atoms with Crippen molar-refractivity contribution in [3.05, 3.63) is 5.56 Å². The lowest BCUT2D eigenvalue weighted by Crippen LogP contribution is -2.42. The molecule has 6 N–H and O–H groups in total. The van der Waals surface area contributed by atoms with E-state index in [2.05, 4.69) is 20.6 Å². The molecule has 0 bridgehead atoms. The molecule has 0 spiro atoms. The number of aromatic nitrogens is 2. The summed E-state index contributed by atoms with van der Waals surface area (Å²) in [7, 11) is 0. The summed E-state index contributed by atoms with van der Waals surface area (Å²) in [5.41, 5.74) is 12.6. The second-order valence-corrected chi connectivity index (χ2v) is 7.98. The molecule has 2 atom stereocenters. The van der Waals surface area contributed by atoms with Gasteiger partial charge in [-0.25, -0.2) is 4.79 Å². The van der Waals surface area contributed by atoms with Crippen LogP contribution >= 0.6 is 0 Å². The fraction of sp³-hybridized carbons (Fsp3) is 0.682. The molecule has 184 valence electrons. The Bertz CT molecular complexity index is 819. The number of ether oxygens (including phenoxy) is 2. The molecule has 2 heterocycles. The van der Waals surface area contributed by atoms with E-state index in [1.165, 1.54) is 0 Å². The highest BCUT2D eigenvalue weighted by Crippen LogP contribution is 2.37. The second-order valence-electron chi connectivity index (χ2n) is 7.98. The number of carbonyl (C=O) groups is 3. The van der Waals surface area contributed by atoms with Crippen LogP contribution in [0.3, 0.4) is 0 Å². The van der Waals surface area contributed by atoms with Gasteiger partial charge in [-0.2, -0.15) is 9.97 Å². The Morgan fingerprint density at radius 1 is 1.06 bits per heavy atom. The Morgan fingerprint density at radius 2 is 1.79 bits per heavy atom. The highest BCUT2D eigenvalue weighted by Gasteiger charge is 2.27. The van der Waals surface area contributed by atoms with Gasteiger partial charge >= 0.3 is 11.9 Å². The standard InChI is InChI=1S/C22H36N6O5/c1-3-32-17(30)12-11-15(21(31)33-4-2)26-16(29)10-8-6-5-7-9-14-13-25-20-18(14)19(23)27-22(24)28-20/h14-15H,3-13H2,1-2H3,(H,26,29)(H5,23,24,25,27,28)/t14?,15-/m0/s1. The number of nitrogens with one attached hydrogen (secondary N) is 2. The number of nitrogens with zero attached hydrogens (tertiary/aromatic N) is 2. The van der Waals surface area contributed by atoms with Crippen LogP contribution in [0.2, 0.25) is 0 Å². The zero-order valence-corrected chi connectivity index (χ0v) is 19.5. The summed E-state index contributed by atoms with van der Waals surface area (Å²) in [5.74, 6) is 0.415. The predicted molar refractivity (Wildman–Crippen MR) is 124 cm³/mol. The van der Waals surface area contributed by atoms with Crippen molar-refractivity contribution < 1.29 is 23.9 Å². The summed E-state index contributed by atoms with van der Waals surface area (Å²) < 4.78 is 9.89. The van der Waals surface area contributed by atoms with Crippen LogP contribution in [0, 0.1) is 0 Å². The zero-order chi connectivity index (χ0) is 24.2. The molecule has 1 aromatic rings. The topological polar surface area (TPSA) is 172 Å². The van der Waals surface area contributed by atoms with Crippen molar-refractivity contribution in [3.63, 3.8) is 0 Å². The molecule has 0 aliphatic carbocycles. The van der Waals surface area contributed by atoms with Gasteiger partial charge in [-0.1, -0.05) is 19.3 Å². The number of hydrogen-bond acceptors (Lipinski definition) is 10. The minimum atomic E-state index is -0.849. The molecule has 1 amide bonds. The van der Waals surface area contributed by atoms with Crippen molar-refractivity contribution in [2.24, 2.45) is 0 Å².